The Hall–Kier alpha value is -2.88. The zero-order valence-corrected chi connectivity index (χ0v) is 14.1. The number of hydrogen-bond acceptors (Lipinski definition) is 4. The maximum Gasteiger partial charge on any atom is 0.416 e. The first kappa shape index (κ1) is 20.4. The first-order valence-corrected chi connectivity index (χ1v) is 7.43. The third-order valence-electron chi connectivity index (χ3n) is 3.72. The highest BCUT2D eigenvalue weighted by Gasteiger charge is 2.50. The lowest BCUT2D eigenvalue weighted by molar-refractivity contribution is -0.386. The molecule has 2 aromatic carbocycles. The number of carboxylic acid groups (broad SMARTS) is 1. The van der Waals surface area contributed by atoms with E-state index in [1.165, 1.54) is 6.07 Å². The molecule has 0 fully saturated rings. The van der Waals surface area contributed by atoms with Crippen LogP contribution < -0.4 is 4.74 Å². The van der Waals surface area contributed by atoms with Crippen LogP contribution in [0, 0.1) is 10.1 Å². The number of benzene rings is 2. The molecule has 0 radical (unpaired) electrons. The van der Waals surface area contributed by atoms with Gasteiger partial charge in [0.05, 0.1) is 23.2 Å². The maximum absolute atomic E-state index is 15.7. The molecule has 2 aromatic rings. The Morgan fingerprint density at radius 3 is 2.26 bits per heavy atom. The van der Waals surface area contributed by atoms with Gasteiger partial charge >= 0.3 is 12.1 Å². The third kappa shape index (κ3) is 3.65. The van der Waals surface area contributed by atoms with Crippen LogP contribution in [0.25, 0.3) is 0 Å². The highest BCUT2D eigenvalue weighted by molar-refractivity contribution is 6.30. The van der Waals surface area contributed by atoms with Crippen LogP contribution in [0.15, 0.2) is 36.4 Å². The minimum absolute atomic E-state index is 0.0730. The number of nitro benzene ring substituents is 1. The van der Waals surface area contributed by atoms with Gasteiger partial charge in [-0.05, 0) is 30.3 Å². The predicted octanol–water partition coefficient (Wildman–Crippen LogP) is 4.57. The van der Waals surface area contributed by atoms with Crippen LogP contribution in [0.3, 0.4) is 0 Å². The van der Waals surface area contributed by atoms with E-state index in [0.29, 0.717) is 12.1 Å². The Kier molecular flexibility index (Phi) is 5.32. The van der Waals surface area contributed by atoms with E-state index in [-0.39, 0.29) is 16.8 Å². The van der Waals surface area contributed by atoms with Gasteiger partial charge in [-0.3, -0.25) is 10.1 Å². The number of hydrogen-bond donors (Lipinski definition) is 1. The van der Waals surface area contributed by atoms with Crippen LogP contribution >= 0.6 is 11.6 Å². The second kappa shape index (κ2) is 7.03. The lowest BCUT2D eigenvalue weighted by Gasteiger charge is -2.24. The van der Waals surface area contributed by atoms with Gasteiger partial charge in [0.25, 0.3) is 11.4 Å². The molecule has 0 spiro atoms. The Morgan fingerprint density at radius 1 is 1.15 bits per heavy atom. The summed E-state index contributed by atoms with van der Waals surface area (Å²) in [5, 5.41) is 20.6. The average molecular weight is 408 g/mol. The van der Waals surface area contributed by atoms with Crippen LogP contribution in [-0.2, 0) is 16.6 Å². The molecule has 144 valence electrons. The van der Waals surface area contributed by atoms with Gasteiger partial charge in [0.15, 0.2) is 0 Å². The highest BCUT2D eigenvalue weighted by atomic mass is 35.5. The molecule has 0 amide bonds. The maximum atomic E-state index is 15.7. The van der Waals surface area contributed by atoms with Crippen LogP contribution in [0.1, 0.15) is 16.7 Å². The third-order valence-corrected chi connectivity index (χ3v) is 3.96. The summed E-state index contributed by atoms with van der Waals surface area (Å²) in [7, 11) is 1.09. The lowest BCUT2D eigenvalue weighted by Crippen LogP contribution is -2.33. The van der Waals surface area contributed by atoms with Gasteiger partial charge in [-0.2, -0.15) is 13.2 Å². The number of nitrogens with zero attached hydrogens (tertiary/aromatic N) is 1. The summed E-state index contributed by atoms with van der Waals surface area (Å²) >= 11 is 5.76. The summed E-state index contributed by atoms with van der Waals surface area (Å²) in [5.74, 6) is -2.50. The van der Waals surface area contributed by atoms with Gasteiger partial charge in [-0.25, -0.2) is 9.18 Å². The second-order valence-electron chi connectivity index (χ2n) is 5.30. The minimum Gasteiger partial charge on any atom is -0.496 e. The van der Waals surface area contributed by atoms with Crippen LogP contribution in [0.5, 0.6) is 5.75 Å². The fourth-order valence-electron chi connectivity index (χ4n) is 2.48. The summed E-state index contributed by atoms with van der Waals surface area (Å²) in [4.78, 5) is 21.7. The molecule has 0 bridgehead atoms. The van der Waals surface area contributed by atoms with Crippen molar-refractivity contribution < 1.29 is 37.1 Å². The molecule has 1 atom stereocenters. The summed E-state index contributed by atoms with van der Waals surface area (Å²) in [5.41, 5.74) is -8.18. The molecule has 0 heterocycles. The van der Waals surface area contributed by atoms with E-state index < -0.39 is 45.1 Å². The van der Waals surface area contributed by atoms with Crippen molar-refractivity contribution in [3.63, 3.8) is 0 Å². The van der Waals surface area contributed by atoms with Crippen molar-refractivity contribution >= 4 is 23.3 Å². The standard InChI is InChI=1S/C16H10ClF4NO5/c1-27-13-5-3-9(17)7-11(13)15(18,14(23)24)10-4-2-8(16(19,20)21)6-12(10)22(25)26/h2-7H,1H3,(H,23,24)/t15-/m1/s1. The van der Waals surface area contributed by atoms with E-state index in [1.54, 1.807) is 0 Å². The average Bonchev–Trinajstić information content (AvgIpc) is 2.59. The van der Waals surface area contributed by atoms with Crippen LogP contribution in [0.2, 0.25) is 5.02 Å². The van der Waals surface area contributed by atoms with E-state index in [0.717, 1.165) is 19.2 Å². The smallest absolute Gasteiger partial charge is 0.416 e. The van der Waals surface area contributed by atoms with Crippen molar-refractivity contribution in [2.75, 3.05) is 7.11 Å². The van der Waals surface area contributed by atoms with Crippen LogP contribution in [-0.4, -0.2) is 23.1 Å². The number of rotatable bonds is 5. The van der Waals surface area contributed by atoms with E-state index in [1.807, 2.05) is 0 Å². The van der Waals surface area contributed by atoms with E-state index in [4.69, 9.17) is 16.3 Å². The Bertz CT molecular complexity index is 918. The number of carbonyl (C=O) groups is 1. The van der Waals surface area contributed by atoms with Crippen molar-refractivity contribution in [3.8, 4) is 5.75 Å². The molecule has 1 N–H and O–H groups in total. The van der Waals surface area contributed by atoms with E-state index in [9.17, 15) is 33.2 Å². The number of carboxylic acids is 1. The molecule has 0 aliphatic heterocycles. The Balaban J connectivity index is 2.87. The van der Waals surface area contributed by atoms with Gasteiger partial charge in [-0.1, -0.05) is 11.6 Å². The molecule has 2 rings (SSSR count). The molecular formula is C16H10ClF4NO5. The summed E-state index contributed by atoms with van der Waals surface area (Å²) in [6.07, 6.45) is -4.95. The van der Waals surface area contributed by atoms with Gasteiger partial charge in [0.1, 0.15) is 5.75 Å². The van der Waals surface area contributed by atoms with Crippen molar-refractivity contribution in [3.05, 3.63) is 68.2 Å². The SMILES string of the molecule is COc1ccc(Cl)cc1[C@@](F)(C(=O)O)c1ccc(C(F)(F)F)cc1[N+](=O)[O-]. The number of alkyl halides is 4. The molecule has 0 aliphatic carbocycles. The number of methoxy groups -OCH3 is 1. The first-order valence-electron chi connectivity index (χ1n) is 7.05. The Labute approximate surface area is 154 Å². The summed E-state index contributed by atoms with van der Waals surface area (Å²) < 4.78 is 59.1. The molecule has 0 aromatic heterocycles. The fraction of sp³-hybridized carbons (Fsp3) is 0.188. The summed E-state index contributed by atoms with van der Waals surface area (Å²) in [6.45, 7) is 0. The molecule has 0 saturated carbocycles. The van der Waals surface area contributed by atoms with E-state index in [2.05, 4.69) is 0 Å². The molecule has 27 heavy (non-hydrogen) atoms. The van der Waals surface area contributed by atoms with Gasteiger partial charge in [0.2, 0.25) is 0 Å². The fourth-order valence-corrected chi connectivity index (χ4v) is 2.65. The topological polar surface area (TPSA) is 89.7 Å². The highest BCUT2D eigenvalue weighted by Crippen LogP contribution is 2.45. The predicted molar refractivity (Wildman–Crippen MR) is 85.6 cm³/mol. The second-order valence-corrected chi connectivity index (χ2v) is 5.73. The lowest BCUT2D eigenvalue weighted by atomic mass is 9.85. The Morgan fingerprint density at radius 2 is 1.78 bits per heavy atom. The van der Waals surface area contributed by atoms with Gasteiger partial charge in [-0.15, -0.1) is 0 Å². The molecule has 0 unspecified atom stereocenters. The zero-order chi connectivity index (χ0) is 20.6. The minimum atomic E-state index is -4.95. The normalized spacial score (nSPS) is 13.7. The largest absolute Gasteiger partial charge is 0.496 e. The van der Waals surface area contributed by atoms with Gasteiger partial charge < -0.3 is 9.84 Å². The molecule has 6 nitrogen and oxygen atoms in total. The molecule has 0 saturated heterocycles. The number of aliphatic carboxylic acids is 1. The molecular weight excluding hydrogens is 398 g/mol. The zero-order valence-electron chi connectivity index (χ0n) is 13.4. The molecule has 11 heteroatoms. The van der Waals surface area contributed by atoms with Crippen molar-refractivity contribution in [2.45, 2.75) is 11.8 Å². The number of halogens is 5. The number of nitro groups is 1. The quantitative estimate of drug-likeness (QED) is 0.445. The van der Waals surface area contributed by atoms with Crippen LogP contribution in [0.4, 0.5) is 23.2 Å². The van der Waals surface area contributed by atoms with Crippen molar-refractivity contribution in [1.29, 1.82) is 0 Å². The number of ether oxygens (including phenoxy) is 1. The first-order chi connectivity index (χ1) is 12.4. The van der Waals surface area contributed by atoms with Crippen molar-refractivity contribution in [2.24, 2.45) is 0 Å². The monoisotopic (exact) mass is 407 g/mol. The summed E-state index contributed by atoms with van der Waals surface area (Å²) in [6, 6.07) is 4.10. The van der Waals surface area contributed by atoms with E-state index >= 15 is 4.39 Å². The molecule has 0 aliphatic rings. The van der Waals surface area contributed by atoms with Gasteiger partial charge in [0, 0.05) is 16.7 Å². The van der Waals surface area contributed by atoms with Crippen molar-refractivity contribution in [1.82, 2.24) is 0 Å².